The van der Waals surface area contributed by atoms with Crippen molar-refractivity contribution in [2.75, 3.05) is 32.8 Å². The third-order valence-corrected chi connectivity index (χ3v) is 5.87. The summed E-state index contributed by atoms with van der Waals surface area (Å²) in [6, 6.07) is 6.88. The van der Waals surface area contributed by atoms with E-state index < -0.39 is 0 Å². The van der Waals surface area contributed by atoms with Crippen molar-refractivity contribution < 1.29 is 9.13 Å². The zero-order valence-corrected chi connectivity index (χ0v) is 15.1. The molecule has 4 nitrogen and oxygen atoms in total. The van der Waals surface area contributed by atoms with Gasteiger partial charge in [0.25, 0.3) is 0 Å². The summed E-state index contributed by atoms with van der Waals surface area (Å²) in [7, 11) is 0. The molecule has 0 aliphatic carbocycles. The van der Waals surface area contributed by atoms with E-state index in [4.69, 9.17) is 4.74 Å². The van der Waals surface area contributed by atoms with Crippen LogP contribution in [0.2, 0.25) is 0 Å². The number of thiazole rings is 1. The number of fused-ring (bicyclic) bond motifs is 4. The van der Waals surface area contributed by atoms with Crippen molar-refractivity contribution >= 4 is 11.3 Å². The van der Waals surface area contributed by atoms with Gasteiger partial charge in [-0.05, 0) is 43.0 Å². The van der Waals surface area contributed by atoms with Crippen molar-refractivity contribution in [3.8, 4) is 5.75 Å². The normalized spacial score (nSPS) is 24.4. The SMILES string of the molecule is Fc1ccc(OCCN2C[C@H]3CC[C@@H]2CN(Cc2cscn2)C3)cc1. The third kappa shape index (κ3) is 4.37. The molecule has 1 aromatic heterocycles. The van der Waals surface area contributed by atoms with Crippen molar-refractivity contribution in [1.29, 1.82) is 0 Å². The standard InChI is InChI=1S/C19H24FN3OS/c20-16-2-5-19(6-3-16)24-8-7-23-10-15-1-4-18(23)12-22(9-15)11-17-13-25-14-21-17/h2-3,5-6,13-15,18H,1,4,7-12H2/t15-,18+/m0/s1. The van der Waals surface area contributed by atoms with Crippen molar-refractivity contribution in [3.05, 3.63) is 46.7 Å². The molecule has 3 aliphatic heterocycles. The van der Waals surface area contributed by atoms with E-state index in [0.717, 1.165) is 37.8 Å². The first-order chi connectivity index (χ1) is 12.3. The third-order valence-electron chi connectivity index (χ3n) is 5.23. The zero-order chi connectivity index (χ0) is 17.1. The molecule has 134 valence electrons. The summed E-state index contributed by atoms with van der Waals surface area (Å²) in [5.41, 5.74) is 3.11. The Hall–Kier alpha value is -1.50. The van der Waals surface area contributed by atoms with Gasteiger partial charge in [0.1, 0.15) is 18.2 Å². The molecule has 25 heavy (non-hydrogen) atoms. The maximum absolute atomic E-state index is 12.9. The van der Waals surface area contributed by atoms with Crippen molar-refractivity contribution in [2.24, 2.45) is 5.92 Å². The molecule has 2 bridgehead atoms. The van der Waals surface area contributed by atoms with E-state index in [-0.39, 0.29) is 5.82 Å². The number of nitrogens with zero attached hydrogens (tertiary/aromatic N) is 3. The fourth-order valence-corrected chi connectivity index (χ4v) is 4.59. The highest BCUT2D eigenvalue weighted by Gasteiger charge is 2.34. The van der Waals surface area contributed by atoms with Crippen LogP contribution in [0, 0.1) is 11.7 Å². The molecule has 2 atom stereocenters. The van der Waals surface area contributed by atoms with E-state index >= 15 is 0 Å². The molecule has 4 heterocycles. The van der Waals surface area contributed by atoms with Gasteiger partial charge in [-0.15, -0.1) is 11.3 Å². The van der Waals surface area contributed by atoms with Crippen molar-refractivity contribution in [2.45, 2.75) is 25.4 Å². The highest BCUT2D eigenvalue weighted by Crippen LogP contribution is 2.28. The lowest BCUT2D eigenvalue weighted by atomic mass is 9.95. The molecule has 3 saturated heterocycles. The second kappa shape index (κ2) is 7.81. The summed E-state index contributed by atoms with van der Waals surface area (Å²) in [6.07, 6.45) is 2.60. The molecule has 3 fully saturated rings. The van der Waals surface area contributed by atoms with Gasteiger partial charge >= 0.3 is 0 Å². The van der Waals surface area contributed by atoms with Gasteiger partial charge in [-0.2, -0.15) is 0 Å². The van der Waals surface area contributed by atoms with Crippen molar-refractivity contribution in [3.63, 3.8) is 0 Å². The second-order valence-corrected chi connectivity index (χ2v) is 7.79. The monoisotopic (exact) mass is 361 g/mol. The van der Waals surface area contributed by atoms with E-state index in [2.05, 4.69) is 20.2 Å². The van der Waals surface area contributed by atoms with Crippen LogP contribution < -0.4 is 4.74 Å². The molecule has 3 aliphatic rings. The van der Waals surface area contributed by atoms with Gasteiger partial charge in [0.15, 0.2) is 0 Å². The fraction of sp³-hybridized carbons (Fsp3) is 0.526. The predicted molar refractivity (Wildman–Crippen MR) is 97.4 cm³/mol. The number of hydrogen-bond acceptors (Lipinski definition) is 5. The highest BCUT2D eigenvalue weighted by atomic mass is 32.1. The van der Waals surface area contributed by atoms with Crippen LogP contribution in [-0.4, -0.2) is 53.6 Å². The van der Waals surface area contributed by atoms with Gasteiger partial charge in [0.2, 0.25) is 0 Å². The van der Waals surface area contributed by atoms with Crippen LogP contribution in [0.5, 0.6) is 5.75 Å². The first kappa shape index (κ1) is 16.9. The topological polar surface area (TPSA) is 28.6 Å². The Morgan fingerprint density at radius 3 is 2.84 bits per heavy atom. The Kier molecular flexibility index (Phi) is 5.29. The minimum atomic E-state index is -0.225. The maximum atomic E-state index is 12.9. The summed E-state index contributed by atoms with van der Waals surface area (Å²) in [6.45, 7) is 6.00. The van der Waals surface area contributed by atoms with Crippen LogP contribution in [0.15, 0.2) is 35.2 Å². The average molecular weight is 361 g/mol. The van der Waals surface area contributed by atoms with Gasteiger partial charge < -0.3 is 4.74 Å². The Morgan fingerprint density at radius 1 is 1.16 bits per heavy atom. The van der Waals surface area contributed by atoms with Gasteiger partial charge in [-0.25, -0.2) is 9.37 Å². The number of piperidine rings is 1. The van der Waals surface area contributed by atoms with E-state index in [1.807, 2.05) is 5.51 Å². The van der Waals surface area contributed by atoms with Crippen LogP contribution in [0.1, 0.15) is 18.5 Å². The Labute approximate surface area is 152 Å². The Balaban J connectivity index is 1.30. The lowest BCUT2D eigenvalue weighted by Crippen LogP contribution is -2.45. The maximum Gasteiger partial charge on any atom is 0.123 e. The Morgan fingerprint density at radius 2 is 2.04 bits per heavy atom. The first-order valence-corrected chi connectivity index (χ1v) is 9.92. The average Bonchev–Trinajstić information content (AvgIpc) is 2.97. The number of aromatic nitrogens is 1. The number of rotatable bonds is 6. The molecule has 2 aromatic rings. The summed E-state index contributed by atoms with van der Waals surface area (Å²) < 4.78 is 18.7. The molecule has 0 amide bonds. The van der Waals surface area contributed by atoms with Crippen LogP contribution in [0.25, 0.3) is 0 Å². The zero-order valence-electron chi connectivity index (χ0n) is 14.3. The largest absolute Gasteiger partial charge is 0.492 e. The Bertz CT molecular complexity index is 664. The molecular weight excluding hydrogens is 337 g/mol. The molecule has 0 radical (unpaired) electrons. The van der Waals surface area contributed by atoms with Gasteiger partial charge in [0, 0.05) is 44.1 Å². The molecule has 0 unspecified atom stereocenters. The minimum absolute atomic E-state index is 0.225. The summed E-state index contributed by atoms with van der Waals surface area (Å²) in [5, 5.41) is 2.15. The van der Waals surface area contributed by atoms with Gasteiger partial charge in [-0.1, -0.05) is 0 Å². The minimum Gasteiger partial charge on any atom is -0.492 e. The van der Waals surface area contributed by atoms with E-state index in [0.29, 0.717) is 12.6 Å². The van der Waals surface area contributed by atoms with Crippen molar-refractivity contribution in [1.82, 2.24) is 14.8 Å². The van der Waals surface area contributed by atoms with E-state index in [1.165, 1.54) is 37.2 Å². The summed E-state index contributed by atoms with van der Waals surface area (Å²) in [4.78, 5) is 9.59. The second-order valence-electron chi connectivity index (χ2n) is 7.07. The lowest BCUT2D eigenvalue weighted by molar-refractivity contribution is 0.109. The molecule has 5 rings (SSSR count). The lowest BCUT2D eigenvalue weighted by Gasteiger charge is -2.36. The molecule has 6 heteroatoms. The van der Waals surface area contributed by atoms with E-state index in [1.54, 1.807) is 23.5 Å². The van der Waals surface area contributed by atoms with Crippen LogP contribution in [0.3, 0.4) is 0 Å². The number of ether oxygens (including phenoxy) is 1. The number of halogens is 1. The summed E-state index contributed by atoms with van der Waals surface area (Å²) in [5.74, 6) is 1.26. The first-order valence-electron chi connectivity index (χ1n) is 8.98. The van der Waals surface area contributed by atoms with E-state index in [9.17, 15) is 4.39 Å². The molecular formula is C19H24FN3OS. The predicted octanol–water partition coefficient (Wildman–Crippen LogP) is 3.26. The van der Waals surface area contributed by atoms with Gasteiger partial charge in [0.05, 0.1) is 11.2 Å². The number of benzene rings is 1. The number of hydrogen-bond donors (Lipinski definition) is 0. The molecule has 0 spiro atoms. The molecule has 1 aromatic carbocycles. The smallest absolute Gasteiger partial charge is 0.123 e. The molecule has 0 saturated carbocycles. The van der Waals surface area contributed by atoms with Crippen LogP contribution >= 0.6 is 11.3 Å². The van der Waals surface area contributed by atoms with Gasteiger partial charge in [-0.3, -0.25) is 9.80 Å². The quantitative estimate of drug-likeness (QED) is 0.790. The summed E-state index contributed by atoms with van der Waals surface area (Å²) >= 11 is 1.67. The highest BCUT2D eigenvalue weighted by molar-refractivity contribution is 7.07. The van der Waals surface area contributed by atoms with Crippen LogP contribution in [0.4, 0.5) is 4.39 Å². The van der Waals surface area contributed by atoms with Crippen LogP contribution in [-0.2, 0) is 6.54 Å². The molecule has 0 N–H and O–H groups in total. The fourth-order valence-electron chi connectivity index (χ4n) is 4.04.